The van der Waals surface area contributed by atoms with Gasteiger partial charge in [-0.2, -0.15) is 5.10 Å². The lowest BCUT2D eigenvalue weighted by Crippen LogP contribution is -2.17. The number of nitrogens with one attached hydrogen (secondary N) is 3. The molecule has 2 amide bonds. The van der Waals surface area contributed by atoms with E-state index in [0.29, 0.717) is 28.4 Å². The van der Waals surface area contributed by atoms with Gasteiger partial charge < -0.3 is 15.0 Å². The van der Waals surface area contributed by atoms with E-state index in [1.165, 1.54) is 0 Å². The summed E-state index contributed by atoms with van der Waals surface area (Å²) in [7, 11) is 0. The molecule has 1 aliphatic rings. The van der Waals surface area contributed by atoms with E-state index < -0.39 is 0 Å². The van der Waals surface area contributed by atoms with Gasteiger partial charge in [-0.05, 0) is 36.4 Å². The normalized spacial score (nSPS) is 12.3. The molecule has 0 unspecified atom stereocenters. The molecule has 0 bridgehead atoms. The van der Waals surface area contributed by atoms with Crippen molar-refractivity contribution in [2.75, 3.05) is 5.32 Å². The van der Waals surface area contributed by atoms with Crippen molar-refractivity contribution in [2.45, 2.75) is 0 Å². The van der Waals surface area contributed by atoms with Gasteiger partial charge in [0.15, 0.2) is 0 Å². The molecule has 8 nitrogen and oxygen atoms in total. The van der Waals surface area contributed by atoms with E-state index in [1.54, 1.807) is 67.1 Å². The van der Waals surface area contributed by atoms with Crippen LogP contribution in [0.2, 0.25) is 0 Å². The number of carbonyl (C=O) groups is 2. The zero-order chi connectivity index (χ0) is 20.5. The van der Waals surface area contributed by atoms with Gasteiger partial charge >= 0.3 is 0 Å². The molecule has 0 radical (unpaired) electrons. The summed E-state index contributed by atoms with van der Waals surface area (Å²) in [6.07, 6.45) is 4.98. The second kappa shape index (κ2) is 7.17. The molecule has 2 aromatic heterocycles. The summed E-state index contributed by atoms with van der Waals surface area (Å²) < 4.78 is 5.69. The molecular weight excluding hydrogens is 382 g/mol. The van der Waals surface area contributed by atoms with E-state index in [0.717, 1.165) is 16.5 Å². The van der Waals surface area contributed by atoms with E-state index >= 15 is 0 Å². The number of H-pyrrole nitrogens is 1. The maximum Gasteiger partial charge on any atom is 0.272 e. The molecular formula is C22H15N5O3. The average Bonchev–Trinajstić information content (AvgIpc) is 3.09. The SMILES string of the molecule is O=C(Nc1cc2c3c(c[nH]c3c1)C=NNC2=O)c1cccc(Oc2ccccn2)c1. The standard InChI is InChI=1S/C22H15N5O3/c28-21(13-4-3-5-16(8-13)30-19-6-1-2-7-23-19)26-15-9-17-20-14(11-24-18(20)10-15)12-25-27-22(17)29/h1-12,24H,(H,26,28)(H,27,29). The number of pyridine rings is 1. The van der Waals surface area contributed by atoms with Crippen molar-refractivity contribution < 1.29 is 14.3 Å². The van der Waals surface area contributed by atoms with Crippen LogP contribution in [0.5, 0.6) is 11.6 Å². The molecule has 1 aliphatic heterocycles. The maximum absolute atomic E-state index is 12.8. The first kappa shape index (κ1) is 17.6. The number of aromatic nitrogens is 2. The van der Waals surface area contributed by atoms with Crippen LogP contribution in [0.3, 0.4) is 0 Å². The van der Waals surface area contributed by atoms with Gasteiger partial charge in [0.2, 0.25) is 5.88 Å². The van der Waals surface area contributed by atoms with E-state index in [2.05, 4.69) is 25.8 Å². The predicted octanol–water partition coefficient (Wildman–Crippen LogP) is 3.68. The summed E-state index contributed by atoms with van der Waals surface area (Å²) in [5, 5.41) is 7.50. The number of anilines is 1. The van der Waals surface area contributed by atoms with Crippen molar-refractivity contribution in [3.05, 3.63) is 83.7 Å². The maximum atomic E-state index is 12.8. The van der Waals surface area contributed by atoms with Crippen LogP contribution in [0, 0.1) is 0 Å². The van der Waals surface area contributed by atoms with Crippen LogP contribution in [-0.2, 0) is 0 Å². The van der Waals surface area contributed by atoms with Crippen LogP contribution in [0.25, 0.3) is 10.9 Å². The van der Waals surface area contributed by atoms with Crippen molar-refractivity contribution in [1.82, 2.24) is 15.4 Å². The Bertz CT molecular complexity index is 1310. The van der Waals surface area contributed by atoms with Crippen LogP contribution >= 0.6 is 0 Å². The van der Waals surface area contributed by atoms with Crippen LogP contribution in [0.4, 0.5) is 5.69 Å². The number of ether oxygens (including phenoxy) is 1. The fourth-order valence-electron chi connectivity index (χ4n) is 3.30. The van der Waals surface area contributed by atoms with Gasteiger partial charge in [0.1, 0.15) is 5.75 Å². The molecule has 30 heavy (non-hydrogen) atoms. The second-order valence-electron chi connectivity index (χ2n) is 6.64. The number of carbonyl (C=O) groups excluding carboxylic acids is 2. The molecule has 5 rings (SSSR count). The summed E-state index contributed by atoms with van der Waals surface area (Å²) in [5.41, 5.74) is 5.33. The number of hydrogen-bond acceptors (Lipinski definition) is 5. The molecule has 3 heterocycles. The highest BCUT2D eigenvalue weighted by atomic mass is 16.5. The Morgan fingerprint density at radius 2 is 2.00 bits per heavy atom. The third-order valence-electron chi connectivity index (χ3n) is 4.64. The number of hydrazone groups is 1. The monoisotopic (exact) mass is 397 g/mol. The molecule has 0 saturated carbocycles. The zero-order valence-electron chi connectivity index (χ0n) is 15.5. The molecule has 0 spiro atoms. The Hall–Kier alpha value is -4.46. The number of aromatic amines is 1. The molecule has 0 fully saturated rings. The smallest absolute Gasteiger partial charge is 0.272 e. The van der Waals surface area contributed by atoms with Crippen LogP contribution < -0.4 is 15.5 Å². The molecule has 2 aromatic carbocycles. The fourth-order valence-corrected chi connectivity index (χ4v) is 3.30. The summed E-state index contributed by atoms with van der Waals surface area (Å²) >= 11 is 0. The van der Waals surface area contributed by atoms with Crippen LogP contribution in [0.1, 0.15) is 26.3 Å². The van der Waals surface area contributed by atoms with Crippen molar-refractivity contribution >= 4 is 34.6 Å². The number of hydrogen-bond donors (Lipinski definition) is 3. The predicted molar refractivity (Wildman–Crippen MR) is 112 cm³/mol. The number of amides is 2. The van der Waals surface area contributed by atoms with Gasteiger partial charge in [-0.1, -0.05) is 12.1 Å². The topological polar surface area (TPSA) is 108 Å². The van der Waals surface area contributed by atoms with Crippen LogP contribution in [0.15, 0.2) is 72.1 Å². The molecule has 0 atom stereocenters. The highest BCUT2D eigenvalue weighted by Gasteiger charge is 2.19. The van der Waals surface area contributed by atoms with Crippen molar-refractivity contribution in [1.29, 1.82) is 0 Å². The summed E-state index contributed by atoms with van der Waals surface area (Å²) in [6, 6.07) is 15.5. The zero-order valence-corrected chi connectivity index (χ0v) is 15.5. The van der Waals surface area contributed by atoms with Gasteiger partial charge in [-0.25, -0.2) is 10.4 Å². The van der Waals surface area contributed by atoms with Gasteiger partial charge in [0, 0.05) is 46.2 Å². The van der Waals surface area contributed by atoms with Crippen molar-refractivity contribution in [3.8, 4) is 11.6 Å². The first-order chi connectivity index (χ1) is 14.7. The first-order valence-corrected chi connectivity index (χ1v) is 9.16. The van der Waals surface area contributed by atoms with E-state index in [9.17, 15) is 9.59 Å². The van der Waals surface area contributed by atoms with E-state index in [-0.39, 0.29) is 11.8 Å². The molecule has 3 N–H and O–H groups in total. The quantitative estimate of drug-likeness (QED) is 0.488. The fraction of sp³-hybridized carbons (Fsp3) is 0. The lowest BCUT2D eigenvalue weighted by molar-refractivity contribution is 0.0955. The lowest BCUT2D eigenvalue weighted by atomic mass is 10.0. The largest absolute Gasteiger partial charge is 0.439 e. The summed E-state index contributed by atoms with van der Waals surface area (Å²) in [6.45, 7) is 0. The Balaban J connectivity index is 1.42. The number of nitrogens with zero attached hydrogens (tertiary/aromatic N) is 2. The molecule has 0 saturated heterocycles. The molecule has 8 heteroatoms. The van der Waals surface area contributed by atoms with Gasteiger partial charge in [0.05, 0.1) is 11.8 Å². The Morgan fingerprint density at radius 1 is 1.07 bits per heavy atom. The third-order valence-corrected chi connectivity index (χ3v) is 4.64. The minimum absolute atomic E-state index is 0.329. The van der Waals surface area contributed by atoms with E-state index in [4.69, 9.17) is 4.74 Å². The summed E-state index contributed by atoms with van der Waals surface area (Å²) in [4.78, 5) is 32.4. The number of benzene rings is 2. The molecule has 146 valence electrons. The van der Waals surface area contributed by atoms with Gasteiger partial charge in [-0.15, -0.1) is 0 Å². The Kier molecular flexibility index (Phi) is 4.21. The van der Waals surface area contributed by atoms with Crippen molar-refractivity contribution in [2.24, 2.45) is 5.10 Å². The Morgan fingerprint density at radius 3 is 2.87 bits per heavy atom. The summed E-state index contributed by atoms with van der Waals surface area (Å²) in [5.74, 6) is 0.266. The highest BCUT2D eigenvalue weighted by molar-refractivity contribution is 6.16. The van der Waals surface area contributed by atoms with Gasteiger partial charge in [-0.3, -0.25) is 9.59 Å². The lowest BCUT2D eigenvalue weighted by Gasteiger charge is -2.10. The Labute approximate surface area is 170 Å². The van der Waals surface area contributed by atoms with Crippen LogP contribution in [-0.4, -0.2) is 28.0 Å². The highest BCUT2D eigenvalue weighted by Crippen LogP contribution is 2.28. The molecule has 4 aromatic rings. The average molecular weight is 397 g/mol. The number of rotatable bonds is 4. The minimum Gasteiger partial charge on any atom is -0.439 e. The minimum atomic E-state index is -0.337. The van der Waals surface area contributed by atoms with Crippen molar-refractivity contribution in [3.63, 3.8) is 0 Å². The first-order valence-electron chi connectivity index (χ1n) is 9.16. The second-order valence-corrected chi connectivity index (χ2v) is 6.64. The van der Waals surface area contributed by atoms with E-state index in [1.807, 2.05) is 6.07 Å². The van der Waals surface area contributed by atoms with Gasteiger partial charge in [0.25, 0.3) is 11.8 Å². The third kappa shape index (κ3) is 3.26. The molecule has 0 aliphatic carbocycles.